The molecule has 9 aromatic carbocycles. The standard InChI is InChI=1S/C54H36N2S/c1-4-15-37(16-5-1)38-27-29-41(30-28-38)55(43-32-34-46-45-21-10-12-25-51(45)56(52(46)36-43)40-19-8-3-9-20-40)42-31-33-44(39-17-6-2-7-18-39)50(35-42)49-24-14-23-48-47-22-11-13-26-53(47)57-54(48)49/h1-36H. The largest absolute Gasteiger partial charge is 0.310 e. The van der Waals surface area contributed by atoms with Crippen molar-refractivity contribution in [2.45, 2.75) is 0 Å². The number of para-hydroxylation sites is 2. The molecule has 0 radical (unpaired) electrons. The summed E-state index contributed by atoms with van der Waals surface area (Å²) in [5.41, 5.74) is 14.0. The van der Waals surface area contributed by atoms with E-state index in [1.807, 2.05) is 11.3 Å². The molecule has 57 heavy (non-hydrogen) atoms. The fraction of sp³-hybridized carbons (Fsp3) is 0. The SMILES string of the molecule is c1ccc(-c2ccc(N(c3ccc(-c4ccccc4)c(-c4cccc5c4sc4ccccc45)c3)c3ccc4c5ccccc5n(-c5ccccc5)c4c3)cc2)cc1. The van der Waals surface area contributed by atoms with Crippen LogP contribution in [0.2, 0.25) is 0 Å². The Hall–Kier alpha value is -7.20. The molecule has 11 aromatic rings. The topological polar surface area (TPSA) is 8.17 Å². The zero-order valence-electron chi connectivity index (χ0n) is 31.1. The molecule has 0 amide bonds. The van der Waals surface area contributed by atoms with E-state index in [1.54, 1.807) is 0 Å². The second-order valence-corrected chi connectivity index (χ2v) is 15.6. The highest BCUT2D eigenvalue weighted by Gasteiger charge is 2.21. The van der Waals surface area contributed by atoms with E-state index in [0.29, 0.717) is 0 Å². The van der Waals surface area contributed by atoms with Gasteiger partial charge in [-0.05, 0) is 88.5 Å². The quantitative estimate of drug-likeness (QED) is 0.158. The van der Waals surface area contributed by atoms with Crippen molar-refractivity contribution in [2.75, 3.05) is 4.90 Å². The van der Waals surface area contributed by atoms with Crippen molar-refractivity contribution >= 4 is 70.4 Å². The highest BCUT2D eigenvalue weighted by atomic mass is 32.1. The van der Waals surface area contributed by atoms with Crippen LogP contribution < -0.4 is 4.90 Å². The average Bonchev–Trinajstić information content (AvgIpc) is 3.83. The highest BCUT2D eigenvalue weighted by Crippen LogP contribution is 2.46. The molecule has 11 rings (SSSR count). The van der Waals surface area contributed by atoms with Crippen LogP contribution in [0.5, 0.6) is 0 Å². The first kappa shape index (κ1) is 33.2. The minimum Gasteiger partial charge on any atom is -0.310 e. The van der Waals surface area contributed by atoms with Crippen LogP contribution in [0, 0.1) is 0 Å². The van der Waals surface area contributed by atoms with Gasteiger partial charge in [-0.15, -0.1) is 11.3 Å². The Morgan fingerprint density at radius 1 is 0.333 bits per heavy atom. The zero-order chi connectivity index (χ0) is 37.7. The predicted molar refractivity (Wildman–Crippen MR) is 245 cm³/mol. The van der Waals surface area contributed by atoms with Crippen molar-refractivity contribution < 1.29 is 0 Å². The first-order valence-electron chi connectivity index (χ1n) is 19.4. The third kappa shape index (κ3) is 5.71. The lowest BCUT2D eigenvalue weighted by Gasteiger charge is -2.27. The number of nitrogens with zero attached hydrogens (tertiary/aromatic N) is 2. The van der Waals surface area contributed by atoms with Crippen LogP contribution in [0.1, 0.15) is 0 Å². The fourth-order valence-corrected chi connectivity index (χ4v) is 9.79. The third-order valence-corrected chi connectivity index (χ3v) is 12.4. The third-order valence-electron chi connectivity index (χ3n) is 11.2. The molecule has 0 saturated carbocycles. The lowest BCUT2D eigenvalue weighted by molar-refractivity contribution is 1.18. The van der Waals surface area contributed by atoms with Crippen LogP contribution in [0.4, 0.5) is 17.1 Å². The van der Waals surface area contributed by atoms with Gasteiger partial charge in [0.25, 0.3) is 0 Å². The Labute approximate surface area is 335 Å². The minimum atomic E-state index is 1.09. The molecule has 0 saturated heterocycles. The fourth-order valence-electron chi connectivity index (χ4n) is 8.56. The van der Waals surface area contributed by atoms with Crippen molar-refractivity contribution in [3.05, 3.63) is 218 Å². The summed E-state index contributed by atoms with van der Waals surface area (Å²) in [6.07, 6.45) is 0. The van der Waals surface area contributed by atoms with E-state index in [4.69, 9.17) is 0 Å². The van der Waals surface area contributed by atoms with Crippen LogP contribution in [0.25, 0.3) is 81.0 Å². The van der Waals surface area contributed by atoms with Gasteiger partial charge in [-0.25, -0.2) is 0 Å². The van der Waals surface area contributed by atoms with Crippen molar-refractivity contribution in [3.8, 4) is 39.1 Å². The van der Waals surface area contributed by atoms with Crippen LogP contribution in [-0.2, 0) is 0 Å². The molecule has 3 heteroatoms. The summed E-state index contributed by atoms with van der Waals surface area (Å²) in [7, 11) is 0. The van der Waals surface area contributed by atoms with Crippen molar-refractivity contribution in [1.82, 2.24) is 4.57 Å². The number of rotatable bonds is 7. The first-order chi connectivity index (χ1) is 28.3. The molecule has 0 spiro atoms. The molecule has 0 bridgehead atoms. The molecule has 0 aliphatic heterocycles. The molecule has 2 nitrogen and oxygen atoms in total. The van der Waals surface area contributed by atoms with Crippen molar-refractivity contribution in [1.29, 1.82) is 0 Å². The highest BCUT2D eigenvalue weighted by molar-refractivity contribution is 7.26. The van der Waals surface area contributed by atoms with E-state index in [2.05, 4.69) is 228 Å². The Morgan fingerprint density at radius 2 is 0.912 bits per heavy atom. The maximum Gasteiger partial charge on any atom is 0.0561 e. The Morgan fingerprint density at radius 3 is 1.70 bits per heavy atom. The number of thiophene rings is 1. The summed E-state index contributed by atoms with van der Waals surface area (Å²) >= 11 is 1.88. The Kier molecular flexibility index (Phi) is 8.04. The molecule has 268 valence electrons. The number of hydrogen-bond acceptors (Lipinski definition) is 2. The minimum absolute atomic E-state index is 1.09. The zero-order valence-corrected chi connectivity index (χ0v) is 31.9. The van der Waals surface area contributed by atoms with Crippen LogP contribution in [0.15, 0.2) is 218 Å². The smallest absolute Gasteiger partial charge is 0.0561 e. The Bertz CT molecular complexity index is 3220. The van der Waals surface area contributed by atoms with Gasteiger partial charge in [0.15, 0.2) is 0 Å². The number of benzene rings is 9. The Balaban J connectivity index is 1.16. The lowest BCUT2D eigenvalue weighted by Crippen LogP contribution is -2.10. The van der Waals surface area contributed by atoms with E-state index >= 15 is 0 Å². The summed E-state index contributed by atoms with van der Waals surface area (Å²) in [4.78, 5) is 2.42. The molecule has 0 fully saturated rings. The predicted octanol–water partition coefficient (Wildman–Crippen LogP) is 15.6. The van der Waals surface area contributed by atoms with Gasteiger partial charge in [0, 0.05) is 59.3 Å². The molecular weight excluding hydrogens is 709 g/mol. The van der Waals surface area contributed by atoms with Crippen LogP contribution >= 0.6 is 11.3 Å². The molecule has 0 atom stereocenters. The first-order valence-corrected chi connectivity index (χ1v) is 20.2. The van der Waals surface area contributed by atoms with Crippen LogP contribution in [0.3, 0.4) is 0 Å². The monoisotopic (exact) mass is 744 g/mol. The molecule has 0 aliphatic rings. The van der Waals surface area contributed by atoms with E-state index in [1.165, 1.54) is 75.4 Å². The van der Waals surface area contributed by atoms with E-state index in [9.17, 15) is 0 Å². The van der Waals surface area contributed by atoms with Gasteiger partial charge < -0.3 is 9.47 Å². The maximum atomic E-state index is 2.42. The molecule has 2 heterocycles. The number of aromatic nitrogens is 1. The van der Waals surface area contributed by atoms with Crippen LogP contribution in [-0.4, -0.2) is 4.57 Å². The van der Waals surface area contributed by atoms with Gasteiger partial charge >= 0.3 is 0 Å². The number of hydrogen-bond donors (Lipinski definition) is 0. The summed E-state index contributed by atoms with van der Waals surface area (Å²) < 4.78 is 5.01. The molecular formula is C54H36N2S. The molecule has 0 aliphatic carbocycles. The molecule has 0 N–H and O–H groups in total. The maximum absolute atomic E-state index is 2.42. The van der Waals surface area contributed by atoms with Crippen molar-refractivity contribution in [3.63, 3.8) is 0 Å². The van der Waals surface area contributed by atoms with Gasteiger partial charge in [0.2, 0.25) is 0 Å². The van der Waals surface area contributed by atoms with E-state index in [-0.39, 0.29) is 0 Å². The lowest BCUT2D eigenvalue weighted by atomic mass is 9.92. The average molecular weight is 745 g/mol. The summed E-state index contributed by atoms with van der Waals surface area (Å²) in [5.74, 6) is 0. The van der Waals surface area contributed by atoms with Gasteiger partial charge in [0.05, 0.1) is 11.0 Å². The normalized spacial score (nSPS) is 11.5. The van der Waals surface area contributed by atoms with Gasteiger partial charge in [-0.1, -0.05) is 158 Å². The van der Waals surface area contributed by atoms with E-state index in [0.717, 1.165) is 22.7 Å². The second-order valence-electron chi connectivity index (χ2n) is 14.5. The summed E-state index contributed by atoms with van der Waals surface area (Å²) in [6, 6.07) is 79.4. The number of anilines is 3. The number of fused-ring (bicyclic) bond motifs is 6. The molecule has 0 unspecified atom stereocenters. The second kappa shape index (κ2) is 13.8. The van der Waals surface area contributed by atoms with Crippen molar-refractivity contribution in [2.24, 2.45) is 0 Å². The summed E-state index contributed by atoms with van der Waals surface area (Å²) in [5, 5.41) is 5.07. The van der Waals surface area contributed by atoms with Gasteiger partial charge in [-0.3, -0.25) is 0 Å². The van der Waals surface area contributed by atoms with Gasteiger partial charge in [-0.2, -0.15) is 0 Å². The van der Waals surface area contributed by atoms with E-state index < -0.39 is 0 Å². The summed E-state index contributed by atoms with van der Waals surface area (Å²) in [6.45, 7) is 0. The molecule has 2 aromatic heterocycles. The van der Waals surface area contributed by atoms with Gasteiger partial charge in [0.1, 0.15) is 0 Å².